The van der Waals surface area contributed by atoms with Gasteiger partial charge in [-0.25, -0.2) is 8.42 Å². The van der Waals surface area contributed by atoms with Crippen LogP contribution in [0, 0.1) is 0 Å². The summed E-state index contributed by atoms with van der Waals surface area (Å²) in [7, 11) is -3.08. The van der Waals surface area contributed by atoms with Gasteiger partial charge in [0.2, 0.25) is 0 Å². The summed E-state index contributed by atoms with van der Waals surface area (Å²) in [5, 5.41) is 2.97. The molecule has 2 aromatic carbocycles. The average molecular weight is 390 g/mol. The zero-order valence-corrected chi connectivity index (χ0v) is 17.1. The molecule has 0 unspecified atom stereocenters. The normalized spacial score (nSPS) is 11.6. The molecule has 2 rings (SSSR count). The summed E-state index contributed by atoms with van der Waals surface area (Å²) in [6.45, 7) is 7.90. The monoisotopic (exact) mass is 389 g/mol. The van der Waals surface area contributed by atoms with Crippen molar-refractivity contribution in [3.8, 4) is 0 Å². The van der Waals surface area contributed by atoms with E-state index < -0.39 is 9.84 Å². The highest BCUT2D eigenvalue weighted by atomic mass is 32.2. The van der Waals surface area contributed by atoms with E-state index in [2.05, 4.69) is 25.2 Å². The van der Waals surface area contributed by atoms with E-state index in [4.69, 9.17) is 0 Å². The highest BCUT2D eigenvalue weighted by Gasteiger charge is 2.11. The Morgan fingerprint density at radius 1 is 0.963 bits per heavy atom. The third kappa shape index (κ3) is 6.81. The first kappa shape index (κ1) is 21.1. The number of carbonyl (C=O) groups is 1. The number of hydrogen-bond donors (Lipinski definition) is 2. The lowest BCUT2D eigenvalue weighted by Gasteiger charge is -2.18. The Kier molecular flexibility index (Phi) is 7.56. The molecule has 0 spiro atoms. The van der Waals surface area contributed by atoms with Crippen LogP contribution in [0.5, 0.6) is 0 Å². The first-order chi connectivity index (χ1) is 12.8. The lowest BCUT2D eigenvalue weighted by Crippen LogP contribution is -3.10. The standard InChI is InChI=1S/C21H28N2O3S/c1-4-23(5-2)15-20-9-7-6-8-19(20)14-22-21(24)18-12-10-17(11-13-18)16-27(3,25)26/h6-13H,4-5,14-16H2,1-3H3,(H,22,24)/p+1. The second-order valence-corrected chi connectivity index (χ2v) is 8.99. The second-order valence-electron chi connectivity index (χ2n) is 6.85. The molecular weight excluding hydrogens is 360 g/mol. The van der Waals surface area contributed by atoms with Gasteiger partial charge in [0, 0.05) is 23.9 Å². The molecule has 1 amide bonds. The number of hydrogen-bond acceptors (Lipinski definition) is 3. The van der Waals surface area contributed by atoms with Gasteiger partial charge in [-0.15, -0.1) is 0 Å². The number of quaternary nitrogens is 1. The van der Waals surface area contributed by atoms with E-state index in [0.29, 0.717) is 17.7 Å². The zero-order chi connectivity index (χ0) is 19.9. The molecule has 0 atom stereocenters. The van der Waals surface area contributed by atoms with Gasteiger partial charge in [-0.3, -0.25) is 4.79 Å². The maximum absolute atomic E-state index is 12.4. The van der Waals surface area contributed by atoms with Crippen molar-refractivity contribution in [2.45, 2.75) is 32.7 Å². The van der Waals surface area contributed by atoms with E-state index in [0.717, 1.165) is 25.2 Å². The van der Waals surface area contributed by atoms with Crippen LogP contribution in [-0.4, -0.2) is 33.7 Å². The molecular formula is C21H29N2O3S+. The summed E-state index contributed by atoms with van der Waals surface area (Å²) < 4.78 is 22.7. The number of sulfone groups is 1. The van der Waals surface area contributed by atoms with E-state index >= 15 is 0 Å². The molecule has 6 heteroatoms. The molecule has 0 aliphatic carbocycles. The summed E-state index contributed by atoms with van der Waals surface area (Å²) in [5.41, 5.74) is 3.58. The molecule has 5 nitrogen and oxygen atoms in total. The smallest absolute Gasteiger partial charge is 0.251 e. The van der Waals surface area contributed by atoms with Gasteiger partial charge >= 0.3 is 0 Å². The largest absolute Gasteiger partial charge is 0.348 e. The van der Waals surface area contributed by atoms with Gasteiger partial charge in [0.25, 0.3) is 5.91 Å². The van der Waals surface area contributed by atoms with Gasteiger partial charge in [-0.2, -0.15) is 0 Å². The van der Waals surface area contributed by atoms with Gasteiger partial charge in [0.1, 0.15) is 6.54 Å². The maximum Gasteiger partial charge on any atom is 0.251 e. The Morgan fingerprint density at radius 2 is 1.56 bits per heavy atom. The van der Waals surface area contributed by atoms with Gasteiger partial charge in [0.05, 0.1) is 18.8 Å². The van der Waals surface area contributed by atoms with Crippen molar-refractivity contribution < 1.29 is 18.1 Å². The van der Waals surface area contributed by atoms with Crippen molar-refractivity contribution in [3.05, 3.63) is 70.8 Å². The Balaban J connectivity index is 2.01. The van der Waals surface area contributed by atoms with Crippen molar-refractivity contribution in [1.82, 2.24) is 5.32 Å². The summed E-state index contributed by atoms with van der Waals surface area (Å²) in [4.78, 5) is 13.9. The Labute approximate surface area is 162 Å². The van der Waals surface area contributed by atoms with E-state index in [1.165, 1.54) is 16.7 Å². The molecule has 0 aromatic heterocycles. The molecule has 0 radical (unpaired) electrons. The topological polar surface area (TPSA) is 67.7 Å². The fourth-order valence-corrected chi connectivity index (χ4v) is 3.80. The summed E-state index contributed by atoms with van der Waals surface area (Å²) in [6.07, 6.45) is 1.20. The Morgan fingerprint density at radius 3 is 2.11 bits per heavy atom. The van der Waals surface area contributed by atoms with Gasteiger partial charge in [-0.1, -0.05) is 36.4 Å². The predicted octanol–water partition coefficient (Wildman–Crippen LogP) is 1.59. The lowest BCUT2D eigenvalue weighted by atomic mass is 10.1. The lowest BCUT2D eigenvalue weighted by molar-refractivity contribution is -0.910. The first-order valence-electron chi connectivity index (χ1n) is 9.27. The molecule has 0 saturated heterocycles. The minimum atomic E-state index is -3.08. The minimum Gasteiger partial charge on any atom is -0.348 e. The fraction of sp³-hybridized carbons (Fsp3) is 0.381. The number of carbonyl (C=O) groups excluding carboxylic acids is 1. The van der Waals surface area contributed by atoms with Crippen LogP contribution in [0.4, 0.5) is 0 Å². The fourth-order valence-electron chi connectivity index (χ4n) is 3.00. The van der Waals surface area contributed by atoms with Crippen molar-refractivity contribution in [3.63, 3.8) is 0 Å². The van der Waals surface area contributed by atoms with E-state index in [1.807, 2.05) is 18.2 Å². The van der Waals surface area contributed by atoms with Crippen molar-refractivity contribution >= 4 is 15.7 Å². The van der Waals surface area contributed by atoms with Crippen LogP contribution in [0.3, 0.4) is 0 Å². The van der Waals surface area contributed by atoms with Gasteiger partial charge in [-0.05, 0) is 37.1 Å². The molecule has 0 saturated carbocycles. The van der Waals surface area contributed by atoms with E-state index in [-0.39, 0.29) is 11.7 Å². The van der Waals surface area contributed by atoms with Crippen molar-refractivity contribution in [2.24, 2.45) is 0 Å². The predicted molar refractivity (Wildman–Crippen MR) is 108 cm³/mol. The SMILES string of the molecule is CC[NH+](CC)Cc1ccccc1CNC(=O)c1ccc(CS(C)(=O)=O)cc1. The Bertz CT molecular complexity index is 857. The second kappa shape index (κ2) is 9.67. The Hall–Kier alpha value is -2.18. The number of rotatable bonds is 9. The number of nitrogens with one attached hydrogen (secondary N) is 2. The third-order valence-electron chi connectivity index (χ3n) is 4.64. The zero-order valence-electron chi connectivity index (χ0n) is 16.3. The van der Waals surface area contributed by atoms with Gasteiger partial charge < -0.3 is 10.2 Å². The van der Waals surface area contributed by atoms with Crippen LogP contribution >= 0.6 is 0 Å². The summed E-state index contributed by atoms with van der Waals surface area (Å²) in [5.74, 6) is -0.179. The van der Waals surface area contributed by atoms with Crippen LogP contribution in [0.2, 0.25) is 0 Å². The van der Waals surface area contributed by atoms with Crippen molar-refractivity contribution in [1.29, 1.82) is 0 Å². The average Bonchev–Trinajstić information content (AvgIpc) is 2.64. The minimum absolute atomic E-state index is 0.0179. The molecule has 2 aromatic rings. The molecule has 0 aliphatic heterocycles. The molecule has 0 fully saturated rings. The highest BCUT2D eigenvalue weighted by Crippen LogP contribution is 2.10. The third-order valence-corrected chi connectivity index (χ3v) is 5.50. The quantitative estimate of drug-likeness (QED) is 0.684. The van der Waals surface area contributed by atoms with E-state index in [9.17, 15) is 13.2 Å². The highest BCUT2D eigenvalue weighted by molar-refractivity contribution is 7.89. The van der Waals surface area contributed by atoms with Crippen LogP contribution in [0.15, 0.2) is 48.5 Å². The molecule has 0 heterocycles. The summed E-state index contributed by atoms with van der Waals surface area (Å²) >= 11 is 0. The maximum atomic E-state index is 12.4. The van der Waals surface area contributed by atoms with Crippen LogP contribution in [0.25, 0.3) is 0 Å². The van der Waals surface area contributed by atoms with Crippen LogP contribution in [0.1, 0.15) is 40.9 Å². The van der Waals surface area contributed by atoms with Crippen LogP contribution < -0.4 is 10.2 Å². The van der Waals surface area contributed by atoms with Gasteiger partial charge in [0.15, 0.2) is 9.84 Å². The summed E-state index contributed by atoms with van der Waals surface area (Å²) in [6, 6.07) is 14.9. The molecule has 0 bridgehead atoms. The van der Waals surface area contributed by atoms with E-state index in [1.54, 1.807) is 24.3 Å². The molecule has 27 heavy (non-hydrogen) atoms. The van der Waals surface area contributed by atoms with Crippen LogP contribution in [-0.2, 0) is 28.7 Å². The molecule has 0 aliphatic rings. The van der Waals surface area contributed by atoms with Crippen molar-refractivity contribution in [2.75, 3.05) is 19.3 Å². The first-order valence-corrected chi connectivity index (χ1v) is 11.3. The molecule has 2 N–H and O–H groups in total. The molecule has 146 valence electrons. The number of benzene rings is 2. The number of amides is 1.